The largest absolute Gasteiger partial charge is 0.497 e. The van der Waals surface area contributed by atoms with E-state index in [2.05, 4.69) is 5.16 Å². The maximum Gasteiger partial charge on any atom is 0.257 e. The molecule has 164 valence electrons. The Labute approximate surface area is 187 Å². The fourth-order valence-electron chi connectivity index (χ4n) is 3.69. The van der Waals surface area contributed by atoms with Gasteiger partial charge in [-0.3, -0.25) is 4.79 Å². The lowest BCUT2D eigenvalue weighted by molar-refractivity contribution is 0.0780. The van der Waals surface area contributed by atoms with Crippen LogP contribution in [0.15, 0.2) is 65.2 Å². The van der Waals surface area contributed by atoms with Crippen molar-refractivity contribution in [2.75, 3.05) is 14.2 Å². The molecule has 1 aromatic heterocycles. The molecule has 4 rings (SSSR count). The Hall–Kier alpha value is -3.80. The summed E-state index contributed by atoms with van der Waals surface area (Å²) in [7, 11) is 3.42. The Bertz CT molecular complexity index is 1240. The zero-order valence-corrected chi connectivity index (χ0v) is 18.7. The van der Waals surface area contributed by atoms with Gasteiger partial charge in [0.25, 0.3) is 5.91 Å². The number of aromatic nitrogens is 1. The highest BCUT2D eigenvalue weighted by molar-refractivity contribution is 6.01. The average molecular weight is 431 g/mol. The number of hydrogen-bond donors (Lipinski definition) is 0. The number of nitrogens with zero attached hydrogens (tertiary/aromatic N) is 2. The second kappa shape index (κ2) is 9.14. The molecule has 0 atom stereocenters. The molecule has 0 aliphatic rings. The zero-order valence-electron chi connectivity index (χ0n) is 18.7. The number of methoxy groups -OCH3 is 1. The van der Waals surface area contributed by atoms with E-state index in [1.807, 2.05) is 74.5 Å². The van der Waals surface area contributed by atoms with Gasteiger partial charge in [-0.15, -0.1) is 0 Å². The summed E-state index contributed by atoms with van der Waals surface area (Å²) in [5.74, 6) is 1.89. The minimum absolute atomic E-state index is 0.118. The molecule has 0 bridgehead atoms. The van der Waals surface area contributed by atoms with Gasteiger partial charge in [0, 0.05) is 13.6 Å². The van der Waals surface area contributed by atoms with Crippen LogP contribution in [0.4, 0.5) is 0 Å². The molecule has 0 aliphatic carbocycles. The van der Waals surface area contributed by atoms with Crippen LogP contribution >= 0.6 is 0 Å². The molecule has 32 heavy (non-hydrogen) atoms. The third-order valence-electron chi connectivity index (χ3n) is 5.53. The summed E-state index contributed by atoms with van der Waals surface area (Å²) in [4.78, 5) is 15.1. The molecule has 1 amide bonds. The van der Waals surface area contributed by atoms with E-state index in [1.54, 1.807) is 19.1 Å². The van der Waals surface area contributed by atoms with Gasteiger partial charge in [0.05, 0.1) is 23.9 Å². The molecule has 1 heterocycles. The predicted molar refractivity (Wildman–Crippen MR) is 123 cm³/mol. The number of carbonyl (C=O) groups is 1. The summed E-state index contributed by atoms with van der Waals surface area (Å²) in [5.41, 5.74) is 3.17. The van der Waals surface area contributed by atoms with Crippen LogP contribution in [0.5, 0.6) is 11.5 Å². The highest BCUT2D eigenvalue weighted by Crippen LogP contribution is 2.29. The van der Waals surface area contributed by atoms with E-state index in [0.29, 0.717) is 23.6 Å². The monoisotopic (exact) mass is 430 g/mol. The van der Waals surface area contributed by atoms with Crippen molar-refractivity contribution in [2.45, 2.75) is 27.0 Å². The van der Waals surface area contributed by atoms with Crippen molar-refractivity contribution in [3.8, 4) is 11.5 Å². The zero-order chi connectivity index (χ0) is 22.7. The number of ether oxygens (including phenoxy) is 2. The normalized spacial score (nSPS) is 10.9. The van der Waals surface area contributed by atoms with Gasteiger partial charge in [-0.05, 0) is 54.4 Å². The van der Waals surface area contributed by atoms with E-state index >= 15 is 0 Å². The topological polar surface area (TPSA) is 64.8 Å². The van der Waals surface area contributed by atoms with Crippen molar-refractivity contribution in [3.05, 3.63) is 88.8 Å². The maximum atomic E-state index is 13.4. The van der Waals surface area contributed by atoms with Gasteiger partial charge in [-0.25, -0.2) is 0 Å². The van der Waals surface area contributed by atoms with Gasteiger partial charge in [0.1, 0.15) is 23.9 Å². The number of benzene rings is 3. The lowest BCUT2D eigenvalue weighted by Gasteiger charge is -2.20. The first kappa shape index (κ1) is 21.4. The molecule has 3 aromatic carbocycles. The van der Waals surface area contributed by atoms with Crippen molar-refractivity contribution < 1.29 is 18.8 Å². The Morgan fingerprint density at radius 1 is 1.03 bits per heavy atom. The van der Waals surface area contributed by atoms with Crippen molar-refractivity contribution in [1.82, 2.24) is 10.1 Å². The van der Waals surface area contributed by atoms with Crippen LogP contribution < -0.4 is 9.47 Å². The van der Waals surface area contributed by atoms with E-state index in [4.69, 9.17) is 14.0 Å². The lowest BCUT2D eigenvalue weighted by Crippen LogP contribution is -2.26. The van der Waals surface area contributed by atoms with Gasteiger partial charge in [-0.1, -0.05) is 41.6 Å². The molecule has 4 aromatic rings. The van der Waals surface area contributed by atoms with Crippen LogP contribution in [0.1, 0.15) is 32.9 Å². The van der Waals surface area contributed by atoms with E-state index in [-0.39, 0.29) is 12.5 Å². The fourth-order valence-corrected chi connectivity index (χ4v) is 3.69. The van der Waals surface area contributed by atoms with Crippen molar-refractivity contribution in [2.24, 2.45) is 0 Å². The molecule has 0 aliphatic heterocycles. The van der Waals surface area contributed by atoms with Gasteiger partial charge in [0.2, 0.25) is 0 Å². The van der Waals surface area contributed by atoms with Crippen molar-refractivity contribution in [1.29, 1.82) is 0 Å². The van der Waals surface area contributed by atoms with Gasteiger partial charge >= 0.3 is 0 Å². The molecule has 6 heteroatoms. The maximum absolute atomic E-state index is 13.4. The predicted octanol–water partition coefficient (Wildman–Crippen LogP) is 5.30. The molecule has 0 fully saturated rings. The molecular weight excluding hydrogens is 404 g/mol. The number of rotatable bonds is 7. The first-order chi connectivity index (χ1) is 15.5. The summed E-state index contributed by atoms with van der Waals surface area (Å²) in [6.45, 7) is 4.46. The Morgan fingerprint density at radius 2 is 1.78 bits per heavy atom. The summed E-state index contributed by atoms with van der Waals surface area (Å²) in [6.07, 6.45) is 0. The van der Waals surface area contributed by atoms with Crippen molar-refractivity contribution >= 4 is 16.7 Å². The minimum atomic E-state index is -0.118. The number of fused-ring (bicyclic) bond motifs is 1. The molecule has 0 radical (unpaired) electrons. The lowest BCUT2D eigenvalue weighted by atomic mass is 10.0. The van der Waals surface area contributed by atoms with Crippen LogP contribution in [0.2, 0.25) is 0 Å². The Kier molecular flexibility index (Phi) is 6.12. The summed E-state index contributed by atoms with van der Waals surface area (Å²) in [5, 5.41) is 5.97. The molecule has 0 saturated carbocycles. The summed E-state index contributed by atoms with van der Waals surface area (Å²) in [6, 6.07) is 19.4. The molecule has 0 spiro atoms. The van der Waals surface area contributed by atoms with Crippen LogP contribution in [0, 0.1) is 13.8 Å². The van der Waals surface area contributed by atoms with Crippen LogP contribution in [0.25, 0.3) is 10.8 Å². The first-order valence-electron chi connectivity index (χ1n) is 10.4. The molecular formula is C26H26N2O4. The van der Waals surface area contributed by atoms with Crippen molar-refractivity contribution in [3.63, 3.8) is 0 Å². The van der Waals surface area contributed by atoms with Gasteiger partial charge in [-0.2, -0.15) is 0 Å². The molecule has 0 saturated heterocycles. The third kappa shape index (κ3) is 4.44. The number of amides is 1. The Balaban J connectivity index is 1.64. The highest BCUT2D eigenvalue weighted by Gasteiger charge is 2.20. The summed E-state index contributed by atoms with van der Waals surface area (Å²) >= 11 is 0. The second-order valence-corrected chi connectivity index (χ2v) is 7.80. The average Bonchev–Trinajstić information content (AvgIpc) is 3.13. The SMILES string of the molecule is COc1cccc(CN(C)C(=O)c2cc3ccccc3cc2OCc2c(C)noc2C)c1. The highest BCUT2D eigenvalue weighted by atomic mass is 16.5. The third-order valence-corrected chi connectivity index (χ3v) is 5.53. The second-order valence-electron chi connectivity index (χ2n) is 7.80. The molecule has 6 nitrogen and oxygen atoms in total. The molecule has 0 N–H and O–H groups in total. The molecule has 0 unspecified atom stereocenters. The number of carbonyl (C=O) groups excluding carboxylic acids is 1. The standard InChI is InChI=1S/C26H26N2O4/c1-17-24(18(2)32-27-17)16-31-25-14-21-10-6-5-9-20(21)13-23(25)26(29)28(3)15-19-8-7-11-22(12-19)30-4/h5-14H,15-16H2,1-4H3. The smallest absolute Gasteiger partial charge is 0.257 e. The number of hydrogen-bond acceptors (Lipinski definition) is 5. The minimum Gasteiger partial charge on any atom is -0.497 e. The van der Waals surface area contributed by atoms with E-state index in [9.17, 15) is 4.79 Å². The summed E-state index contributed by atoms with van der Waals surface area (Å²) < 4.78 is 16.7. The van der Waals surface area contributed by atoms with E-state index in [1.165, 1.54) is 0 Å². The number of aryl methyl sites for hydroxylation is 2. The quantitative estimate of drug-likeness (QED) is 0.398. The Morgan fingerprint density at radius 3 is 2.47 bits per heavy atom. The van der Waals surface area contributed by atoms with Gasteiger partial charge in [0.15, 0.2) is 0 Å². The van der Waals surface area contributed by atoms with E-state index < -0.39 is 0 Å². The van der Waals surface area contributed by atoms with Crippen LogP contribution in [-0.2, 0) is 13.2 Å². The first-order valence-corrected chi connectivity index (χ1v) is 10.4. The van der Waals surface area contributed by atoms with Crippen LogP contribution in [0.3, 0.4) is 0 Å². The fraction of sp³-hybridized carbons (Fsp3) is 0.231. The van der Waals surface area contributed by atoms with Crippen LogP contribution in [-0.4, -0.2) is 30.1 Å². The van der Waals surface area contributed by atoms with Gasteiger partial charge < -0.3 is 18.9 Å². The van der Waals surface area contributed by atoms with E-state index in [0.717, 1.165) is 33.3 Å².